The van der Waals surface area contributed by atoms with Crippen molar-refractivity contribution in [2.24, 2.45) is 5.73 Å². The van der Waals surface area contributed by atoms with Gasteiger partial charge in [0.05, 0.1) is 13.3 Å². The highest BCUT2D eigenvalue weighted by atomic mass is 16.5. The van der Waals surface area contributed by atoms with Gasteiger partial charge in [-0.15, -0.1) is 0 Å². The highest BCUT2D eigenvalue weighted by Crippen LogP contribution is 2.35. The molecule has 0 aliphatic heterocycles. The van der Waals surface area contributed by atoms with Crippen LogP contribution in [0.25, 0.3) is 27.8 Å². The first-order valence-corrected chi connectivity index (χ1v) is 9.79. The smallest absolute Gasteiger partial charge is 0.283 e. The molecule has 3 aromatic heterocycles. The zero-order chi connectivity index (χ0) is 21.4. The van der Waals surface area contributed by atoms with Crippen LogP contribution in [0, 0.1) is 0 Å². The molecule has 1 amide bonds. The van der Waals surface area contributed by atoms with Crippen molar-refractivity contribution >= 4 is 34.0 Å². The number of ether oxygens (including phenoxy) is 1. The fraction of sp³-hybridized carbons (Fsp3) is 0.0870. The summed E-state index contributed by atoms with van der Waals surface area (Å²) < 4.78 is 8.94. The molecule has 0 aliphatic carbocycles. The largest absolute Gasteiger partial charge is 0.497 e. The Morgan fingerprint density at radius 1 is 1.23 bits per heavy atom. The lowest BCUT2D eigenvalue weighted by Gasteiger charge is -2.09. The molecule has 8 heteroatoms. The second-order valence-electron chi connectivity index (χ2n) is 7.20. The number of methoxy groups -OCH3 is 1. The van der Waals surface area contributed by atoms with Crippen molar-refractivity contribution < 1.29 is 14.1 Å². The zero-order valence-corrected chi connectivity index (χ0v) is 16.9. The summed E-state index contributed by atoms with van der Waals surface area (Å²) in [5, 5.41) is 4.57. The molecule has 4 N–H and O–H groups in total. The van der Waals surface area contributed by atoms with Crippen LogP contribution in [0.1, 0.15) is 0 Å². The first-order valence-electron chi connectivity index (χ1n) is 9.79. The third-order valence-electron chi connectivity index (χ3n) is 5.16. The Balaban J connectivity index is 1.68. The van der Waals surface area contributed by atoms with Gasteiger partial charge in [0, 0.05) is 28.4 Å². The van der Waals surface area contributed by atoms with Crippen LogP contribution >= 0.6 is 0 Å². The first-order chi connectivity index (χ1) is 15.1. The van der Waals surface area contributed by atoms with E-state index in [9.17, 15) is 4.79 Å². The van der Waals surface area contributed by atoms with Gasteiger partial charge in [0.2, 0.25) is 18.4 Å². The predicted molar refractivity (Wildman–Crippen MR) is 118 cm³/mol. The van der Waals surface area contributed by atoms with E-state index >= 15 is 0 Å². The maximum atomic E-state index is 11.4. The molecule has 8 nitrogen and oxygen atoms in total. The van der Waals surface area contributed by atoms with Crippen LogP contribution in [-0.4, -0.2) is 27.4 Å². The van der Waals surface area contributed by atoms with Crippen molar-refractivity contribution in [3.8, 4) is 17.0 Å². The highest BCUT2D eigenvalue weighted by Gasteiger charge is 2.20. The molecule has 31 heavy (non-hydrogen) atoms. The molecule has 0 bridgehead atoms. The number of anilines is 2. The van der Waals surface area contributed by atoms with Crippen molar-refractivity contribution in [1.29, 1.82) is 0 Å². The molecule has 0 fully saturated rings. The van der Waals surface area contributed by atoms with E-state index in [1.54, 1.807) is 17.9 Å². The topological polar surface area (TPSA) is 101 Å². The molecule has 5 rings (SSSR count). The van der Waals surface area contributed by atoms with Crippen LogP contribution in [0.4, 0.5) is 11.5 Å². The van der Waals surface area contributed by atoms with Crippen molar-refractivity contribution in [1.82, 2.24) is 14.4 Å². The molecular formula is C23H21N6O2+. The van der Waals surface area contributed by atoms with Gasteiger partial charge in [-0.1, -0.05) is 18.2 Å². The van der Waals surface area contributed by atoms with Crippen molar-refractivity contribution in [2.75, 3.05) is 12.4 Å². The number of primary amides is 1. The first kappa shape index (κ1) is 18.7. The number of aromatic nitrogens is 4. The Morgan fingerprint density at radius 2 is 2.03 bits per heavy atom. The molecule has 0 aliphatic rings. The lowest BCUT2D eigenvalue weighted by molar-refractivity contribution is -0.683. The van der Waals surface area contributed by atoms with Crippen molar-refractivity contribution in [2.45, 2.75) is 6.54 Å². The van der Waals surface area contributed by atoms with Crippen LogP contribution in [0.5, 0.6) is 5.75 Å². The second-order valence-corrected chi connectivity index (χ2v) is 7.20. The summed E-state index contributed by atoms with van der Waals surface area (Å²) in [6.45, 7) is 0.0903. The molecule has 2 aromatic carbocycles. The molecule has 0 saturated heterocycles. The molecule has 0 radical (unpaired) electrons. The highest BCUT2D eigenvalue weighted by molar-refractivity contribution is 5.98. The molecule has 154 valence electrons. The van der Waals surface area contributed by atoms with E-state index in [2.05, 4.69) is 16.4 Å². The van der Waals surface area contributed by atoms with Gasteiger partial charge in [0.1, 0.15) is 17.3 Å². The lowest BCUT2D eigenvalue weighted by Crippen LogP contribution is -2.40. The number of benzene rings is 2. The van der Waals surface area contributed by atoms with E-state index in [1.165, 1.54) is 0 Å². The second kappa shape index (κ2) is 7.49. The lowest BCUT2D eigenvalue weighted by atomic mass is 10.1. The Kier molecular flexibility index (Phi) is 4.51. The number of hydrogen-bond acceptors (Lipinski definition) is 4. The SMILES string of the molecule is COc1ccc(Nc2c(-c3c[nH]c4ccccc34)nc3c[n+](CC(N)=O)ccn23)cc1. The average Bonchev–Trinajstić information content (AvgIpc) is 3.35. The van der Waals surface area contributed by atoms with E-state index in [4.69, 9.17) is 15.5 Å². The predicted octanol–water partition coefficient (Wildman–Crippen LogP) is 3.01. The van der Waals surface area contributed by atoms with Gasteiger partial charge in [-0.25, -0.2) is 4.98 Å². The molecule has 5 aromatic rings. The summed E-state index contributed by atoms with van der Waals surface area (Å²) in [6.07, 6.45) is 7.44. The molecule has 0 atom stereocenters. The average molecular weight is 413 g/mol. The summed E-state index contributed by atoms with van der Waals surface area (Å²) in [6, 6.07) is 15.8. The van der Waals surface area contributed by atoms with Gasteiger partial charge in [-0.2, -0.15) is 4.57 Å². The van der Waals surface area contributed by atoms with Crippen LogP contribution in [0.15, 0.2) is 73.3 Å². The quantitative estimate of drug-likeness (QED) is 0.373. The number of aromatic amines is 1. The zero-order valence-electron chi connectivity index (χ0n) is 16.9. The Labute approximate surface area is 177 Å². The Morgan fingerprint density at radius 3 is 2.81 bits per heavy atom. The summed E-state index contributed by atoms with van der Waals surface area (Å²) >= 11 is 0. The number of fused-ring (bicyclic) bond motifs is 2. The van der Waals surface area contributed by atoms with Crippen molar-refractivity contribution in [3.63, 3.8) is 0 Å². The van der Waals surface area contributed by atoms with E-state index in [0.717, 1.165) is 39.4 Å². The molecule has 0 unspecified atom stereocenters. The number of para-hydroxylation sites is 1. The van der Waals surface area contributed by atoms with E-state index < -0.39 is 5.91 Å². The molecule has 0 spiro atoms. The van der Waals surface area contributed by atoms with Gasteiger partial charge in [-0.3, -0.25) is 9.20 Å². The summed E-state index contributed by atoms with van der Waals surface area (Å²) in [5.74, 6) is 1.19. The van der Waals surface area contributed by atoms with Crippen LogP contribution in [0.2, 0.25) is 0 Å². The van der Waals surface area contributed by atoms with Crippen LogP contribution in [-0.2, 0) is 11.3 Å². The molecule has 0 saturated carbocycles. The third kappa shape index (κ3) is 3.44. The monoisotopic (exact) mass is 413 g/mol. The minimum Gasteiger partial charge on any atom is -0.497 e. The number of carbonyl (C=O) groups is 1. The van der Waals surface area contributed by atoms with Gasteiger partial charge in [0.25, 0.3) is 5.91 Å². The maximum absolute atomic E-state index is 11.4. The number of nitrogens with zero attached hydrogens (tertiary/aromatic N) is 3. The summed E-state index contributed by atoms with van der Waals surface area (Å²) in [7, 11) is 1.64. The number of nitrogens with two attached hydrogens (primary N) is 1. The fourth-order valence-electron chi connectivity index (χ4n) is 3.70. The minimum absolute atomic E-state index is 0.0903. The van der Waals surface area contributed by atoms with Crippen molar-refractivity contribution in [3.05, 3.63) is 73.3 Å². The van der Waals surface area contributed by atoms with Gasteiger partial charge >= 0.3 is 0 Å². The van der Waals surface area contributed by atoms with Crippen LogP contribution in [0.3, 0.4) is 0 Å². The number of hydrogen-bond donors (Lipinski definition) is 3. The molecular weight excluding hydrogens is 392 g/mol. The van der Waals surface area contributed by atoms with E-state index in [0.29, 0.717) is 5.65 Å². The number of amides is 1. The number of nitrogens with one attached hydrogen (secondary N) is 2. The third-order valence-corrected chi connectivity index (χ3v) is 5.16. The standard InChI is InChI=1S/C23H20N6O2/c1-31-16-8-6-15(7-9-16)26-23-22(18-12-25-19-5-3-2-4-17(18)19)27-21-14-28(13-20(24)30)10-11-29(21)23/h2-12,14H,13H2,1H3,(H3,24,25,27,30)/p+1. The number of H-pyrrole nitrogens is 1. The van der Waals surface area contributed by atoms with Gasteiger partial charge in [0.15, 0.2) is 6.20 Å². The number of rotatable bonds is 6. The molecule has 3 heterocycles. The Bertz CT molecular complexity index is 1400. The van der Waals surface area contributed by atoms with Crippen LogP contribution < -0.4 is 20.4 Å². The summed E-state index contributed by atoms with van der Waals surface area (Å²) in [4.78, 5) is 19.6. The summed E-state index contributed by atoms with van der Waals surface area (Å²) in [5.41, 5.74) is 9.77. The number of carbonyl (C=O) groups excluding carboxylic acids is 1. The Hall–Kier alpha value is -4.33. The van der Waals surface area contributed by atoms with Gasteiger partial charge < -0.3 is 20.8 Å². The van der Waals surface area contributed by atoms with Gasteiger partial charge in [-0.05, 0) is 30.3 Å². The fourth-order valence-corrected chi connectivity index (χ4v) is 3.70. The number of imidazole rings is 1. The maximum Gasteiger partial charge on any atom is 0.283 e. The van der Waals surface area contributed by atoms with E-state index in [-0.39, 0.29) is 6.54 Å². The minimum atomic E-state index is -0.408. The van der Waals surface area contributed by atoms with E-state index in [1.807, 2.05) is 65.5 Å². The normalized spacial score (nSPS) is 11.1.